The van der Waals surface area contributed by atoms with Gasteiger partial charge in [-0.25, -0.2) is 5.10 Å². The van der Waals surface area contributed by atoms with E-state index in [2.05, 4.69) is 29.7 Å². The molecule has 0 bridgehead atoms. The molecule has 1 aromatic carbocycles. The zero-order valence-electron chi connectivity index (χ0n) is 11.4. The minimum atomic E-state index is -0.195. The highest BCUT2D eigenvalue weighted by Crippen LogP contribution is 2.22. The Morgan fingerprint density at radius 1 is 1.35 bits per heavy atom. The second-order valence-corrected chi connectivity index (χ2v) is 4.81. The van der Waals surface area contributed by atoms with Crippen molar-refractivity contribution in [3.63, 3.8) is 0 Å². The quantitative estimate of drug-likeness (QED) is 0.635. The number of aromatic nitrogens is 2. The summed E-state index contributed by atoms with van der Waals surface area (Å²) in [6, 6.07) is 9.47. The van der Waals surface area contributed by atoms with E-state index in [4.69, 9.17) is 4.74 Å². The van der Waals surface area contributed by atoms with Gasteiger partial charge in [0.2, 0.25) is 0 Å². The maximum Gasteiger partial charge on any atom is 0.268 e. The number of unbranched alkanes of at least 4 members (excludes halogenated alkanes) is 1. The third kappa shape index (κ3) is 3.63. The molecule has 5 heteroatoms. The molecule has 106 valence electrons. The number of ether oxygens (including phenoxy) is 1. The van der Waals surface area contributed by atoms with E-state index in [0.717, 1.165) is 29.8 Å². The van der Waals surface area contributed by atoms with Crippen LogP contribution in [-0.2, 0) is 5.75 Å². The number of hydrogen-bond donors (Lipinski definition) is 2. The Kier molecular flexibility index (Phi) is 5.24. The maximum absolute atomic E-state index is 11.5. The number of hydrogen-bond acceptors (Lipinski definition) is 4. The summed E-state index contributed by atoms with van der Waals surface area (Å²) in [5.41, 5.74) is 2.04. The van der Waals surface area contributed by atoms with Crippen LogP contribution in [0.5, 0.6) is 5.75 Å². The molecule has 0 unspecified atom stereocenters. The molecule has 0 radical (unpaired) electrons. The molecule has 2 aromatic rings. The van der Waals surface area contributed by atoms with E-state index in [1.54, 1.807) is 6.07 Å². The van der Waals surface area contributed by atoms with Gasteiger partial charge in [-0.2, -0.15) is 17.7 Å². The standard InChI is InChI=1S/C15H18N2O2S/c1-2-3-7-19-13-6-4-5-11(8-13)14-9-12(10-20)15(18)17-16-14/h4-6,8-9,20H,2-3,7,10H2,1H3,(H,17,18). The molecule has 1 N–H and O–H groups in total. The number of rotatable bonds is 6. The summed E-state index contributed by atoms with van der Waals surface area (Å²) >= 11 is 4.14. The fraction of sp³-hybridized carbons (Fsp3) is 0.333. The van der Waals surface area contributed by atoms with Crippen molar-refractivity contribution >= 4 is 12.6 Å². The topological polar surface area (TPSA) is 55.0 Å². The molecule has 0 saturated carbocycles. The minimum Gasteiger partial charge on any atom is -0.494 e. The van der Waals surface area contributed by atoms with Crippen LogP contribution in [0.25, 0.3) is 11.3 Å². The number of nitrogens with one attached hydrogen (secondary N) is 1. The van der Waals surface area contributed by atoms with Crippen molar-refractivity contribution in [2.75, 3.05) is 6.61 Å². The molecule has 0 saturated heterocycles. The summed E-state index contributed by atoms with van der Waals surface area (Å²) in [5.74, 6) is 1.20. The SMILES string of the molecule is CCCCOc1cccc(-c2cc(CS)c(=O)[nH]n2)c1. The monoisotopic (exact) mass is 290 g/mol. The van der Waals surface area contributed by atoms with Crippen molar-refractivity contribution in [1.82, 2.24) is 10.2 Å². The van der Waals surface area contributed by atoms with E-state index in [1.165, 1.54) is 0 Å². The van der Waals surface area contributed by atoms with Crippen molar-refractivity contribution in [2.45, 2.75) is 25.5 Å². The summed E-state index contributed by atoms with van der Waals surface area (Å²) < 4.78 is 5.67. The van der Waals surface area contributed by atoms with Crippen molar-refractivity contribution in [2.24, 2.45) is 0 Å². The third-order valence-electron chi connectivity index (χ3n) is 2.95. The van der Waals surface area contributed by atoms with E-state index in [9.17, 15) is 4.79 Å². The number of nitrogens with zero attached hydrogens (tertiary/aromatic N) is 1. The zero-order chi connectivity index (χ0) is 14.4. The maximum atomic E-state index is 11.5. The Morgan fingerprint density at radius 2 is 2.20 bits per heavy atom. The molecule has 0 aliphatic heterocycles. The Hall–Kier alpha value is -1.75. The van der Waals surface area contributed by atoms with Gasteiger partial charge in [0.1, 0.15) is 5.75 Å². The molecule has 0 fully saturated rings. The lowest BCUT2D eigenvalue weighted by atomic mass is 10.1. The Bertz CT molecular complexity index is 625. The molecule has 1 heterocycles. The number of aromatic amines is 1. The highest BCUT2D eigenvalue weighted by molar-refractivity contribution is 7.79. The lowest BCUT2D eigenvalue weighted by Gasteiger charge is -2.07. The van der Waals surface area contributed by atoms with Crippen molar-refractivity contribution < 1.29 is 4.74 Å². The molecule has 4 nitrogen and oxygen atoms in total. The summed E-state index contributed by atoms with van der Waals surface area (Å²) in [4.78, 5) is 11.5. The molecule has 1 aromatic heterocycles. The normalized spacial score (nSPS) is 10.5. The van der Waals surface area contributed by atoms with E-state index in [-0.39, 0.29) is 5.56 Å². The molecule has 0 spiro atoms. The summed E-state index contributed by atoms with van der Waals surface area (Å²) in [5, 5.41) is 6.56. The van der Waals surface area contributed by atoms with Crippen LogP contribution in [0.15, 0.2) is 35.1 Å². The van der Waals surface area contributed by atoms with Gasteiger partial charge in [0, 0.05) is 16.9 Å². The summed E-state index contributed by atoms with van der Waals surface area (Å²) in [6.07, 6.45) is 2.14. The fourth-order valence-corrected chi connectivity index (χ4v) is 2.03. The van der Waals surface area contributed by atoms with Crippen LogP contribution in [0.4, 0.5) is 0 Å². The number of thiol groups is 1. The van der Waals surface area contributed by atoms with Crippen molar-refractivity contribution in [3.8, 4) is 17.0 Å². The first-order chi connectivity index (χ1) is 9.74. The van der Waals surface area contributed by atoms with Gasteiger partial charge < -0.3 is 4.74 Å². The van der Waals surface area contributed by atoms with Gasteiger partial charge in [-0.3, -0.25) is 4.79 Å². The second-order valence-electron chi connectivity index (χ2n) is 4.50. The lowest BCUT2D eigenvalue weighted by molar-refractivity contribution is 0.309. The first kappa shape index (κ1) is 14.7. The average molecular weight is 290 g/mol. The van der Waals surface area contributed by atoms with Gasteiger partial charge in [0.25, 0.3) is 5.56 Å². The molecular weight excluding hydrogens is 272 g/mol. The van der Waals surface area contributed by atoms with Gasteiger partial charge >= 0.3 is 0 Å². The largest absolute Gasteiger partial charge is 0.494 e. The predicted molar refractivity (Wildman–Crippen MR) is 83.4 cm³/mol. The first-order valence-corrected chi connectivity index (χ1v) is 7.30. The van der Waals surface area contributed by atoms with Gasteiger partial charge in [-0.05, 0) is 24.6 Å². The molecule has 2 rings (SSSR count). The lowest BCUT2D eigenvalue weighted by Crippen LogP contribution is -2.13. The van der Waals surface area contributed by atoms with Gasteiger partial charge in [-0.15, -0.1) is 0 Å². The van der Waals surface area contributed by atoms with E-state index in [0.29, 0.717) is 17.9 Å². The Labute approximate surface area is 123 Å². The highest BCUT2D eigenvalue weighted by atomic mass is 32.1. The van der Waals surface area contributed by atoms with Crippen molar-refractivity contribution in [1.29, 1.82) is 0 Å². The van der Waals surface area contributed by atoms with Crippen LogP contribution in [0.1, 0.15) is 25.3 Å². The zero-order valence-corrected chi connectivity index (χ0v) is 12.3. The number of benzene rings is 1. The smallest absolute Gasteiger partial charge is 0.268 e. The van der Waals surface area contributed by atoms with Crippen LogP contribution in [0.3, 0.4) is 0 Å². The molecule has 0 atom stereocenters. The highest BCUT2D eigenvalue weighted by Gasteiger charge is 2.05. The predicted octanol–water partition coefficient (Wildman–Crippen LogP) is 3.05. The summed E-state index contributed by atoms with van der Waals surface area (Å²) in [7, 11) is 0. The Morgan fingerprint density at radius 3 is 2.95 bits per heavy atom. The minimum absolute atomic E-state index is 0.195. The van der Waals surface area contributed by atoms with Gasteiger partial charge in [0.15, 0.2) is 0 Å². The van der Waals surface area contributed by atoms with Gasteiger partial charge in [-0.1, -0.05) is 25.5 Å². The van der Waals surface area contributed by atoms with E-state index in [1.807, 2.05) is 24.3 Å². The molecular formula is C15H18N2O2S. The molecule has 20 heavy (non-hydrogen) atoms. The third-order valence-corrected chi connectivity index (χ3v) is 3.29. The van der Waals surface area contributed by atoms with Crippen molar-refractivity contribution in [3.05, 3.63) is 46.2 Å². The van der Waals surface area contributed by atoms with Gasteiger partial charge in [0.05, 0.1) is 12.3 Å². The Balaban J connectivity index is 2.24. The second kappa shape index (κ2) is 7.14. The average Bonchev–Trinajstić information content (AvgIpc) is 2.48. The van der Waals surface area contributed by atoms with Crippen LogP contribution in [0.2, 0.25) is 0 Å². The van der Waals surface area contributed by atoms with E-state index >= 15 is 0 Å². The van der Waals surface area contributed by atoms with Crippen LogP contribution >= 0.6 is 12.6 Å². The summed E-state index contributed by atoms with van der Waals surface area (Å²) in [6.45, 7) is 2.84. The molecule has 0 amide bonds. The fourth-order valence-electron chi connectivity index (χ4n) is 1.79. The van der Waals surface area contributed by atoms with Crippen LogP contribution in [0, 0.1) is 0 Å². The van der Waals surface area contributed by atoms with E-state index < -0.39 is 0 Å². The molecule has 0 aliphatic rings. The van der Waals surface area contributed by atoms with Crippen LogP contribution in [-0.4, -0.2) is 16.8 Å². The molecule has 0 aliphatic carbocycles. The number of H-pyrrole nitrogens is 1. The van der Waals surface area contributed by atoms with Crippen LogP contribution < -0.4 is 10.3 Å². The first-order valence-electron chi connectivity index (χ1n) is 6.67.